The zero-order valence-corrected chi connectivity index (χ0v) is 5.93. The molecule has 0 aliphatic heterocycles. The Labute approximate surface area is 58.3 Å². The number of nitrogens with zero attached hydrogens (tertiary/aromatic N) is 1. The van der Waals surface area contributed by atoms with Gasteiger partial charge in [0, 0.05) is 13.1 Å². The van der Waals surface area contributed by atoms with Gasteiger partial charge in [0.05, 0.1) is 0 Å². The maximum absolute atomic E-state index is 10.7. The van der Waals surface area contributed by atoms with E-state index in [1.807, 2.05) is 0 Å². The monoisotopic (exact) mass is 139 g/mol. The molecule has 0 saturated heterocycles. The van der Waals surface area contributed by atoms with Gasteiger partial charge in [-0.2, -0.15) is 0 Å². The molecule has 0 amide bonds. The van der Waals surface area contributed by atoms with Crippen molar-refractivity contribution in [1.82, 2.24) is 9.97 Å². The third-order valence-electron chi connectivity index (χ3n) is 1.12. The van der Waals surface area contributed by atoms with E-state index in [2.05, 4.69) is 15.3 Å². The fourth-order valence-electron chi connectivity index (χ4n) is 0.708. The van der Waals surface area contributed by atoms with Crippen molar-refractivity contribution in [3.05, 3.63) is 22.2 Å². The van der Waals surface area contributed by atoms with Gasteiger partial charge in [-0.3, -0.25) is 4.79 Å². The van der Waals surface area contributed by atoms with E-state index in [1.54, 1.807) is 14.0 Å². The number of aromatic amines is 1. The maximum atomic E-state index is 10.7. The van der Waals surface area contributed by atoms with Crippen molar-refractivity contribution >= 4 is 5.82 Å². The van der Waals surface area contributed by atoms with Crippen LogP contribution in [0.5, 0.6) is 0 Å². The molecule has 0 radical (unpaired) electrons. The first-order valence-corrected chi connectivity index (χ1v) is 2.98. The standard InChI is InChI=1S/C6H9N3O/c1-4-8-5(7-2)3-6(10)9-4/h3H,1-2H3,(H2,7,8,9,10). The third-order valence-corrected chi connectivity index (χ3v) is 1.12. The molecule has 0 aliphatic rings. The van der Waals surface area contributed by atoms with Crippen LogP contribution in [0.4, 0.5) is 5.82 Å². The number of hydrogen-bond donors (Lipinski definition) is 2. The minimum atomic E-state index is -0.128. The number of H-pyrrole nitrogens is 1. The molecule has 0 saturated carbocycles. The van der Waals surface area contributed by atoms with Crippen LogP contribution >= 0.6 is 0 Å². The molecule has 0 aromatic carbocycles. The molecule has 4 heteroatoms. The minimum absolute atomic E-state index is 0.128. The van der Waals surface area contributed by atoms with Crippen molar-refractivity contribution in [3.8, 4) is 0 Å². The van der Waals surface area contributed by atoms with Crippen LogP contribution in [0.25, 0.3) is 0 Å². The smallest absolute Gasteiger partial charge is 0.252 e. The van der Waals surface area contributed by atoms with E-state index in [4.69, 9.17) is 0 Å². The average Bonchev–Trinajstić information content (AvgIpc) is 1.85. The van der Waals surface area contributed by atoms with Crippen LogP contribution in [0.2, 0.25) is 0 Å². The largest absolute Gasteiger partial charge is 0.373 e. The van der Waals surface area contributed by atoms with Crippen LogP contribution in [0.3, 0.4) is 0 Å². The van der Waals surface area contributed by atoms with Gasteiger partial charge in [0.15, 0.2) is 0 Å². The van der Waals surface area contributed by atoms with Crippen LogP contribution in [-0.4, -0.2) is 17.0 Å². The molecule has 1 aromatic rings. The molecular formula is C6H9N3O. The summed E-state index contributed by atoms with van der Waals surface area (Å²) >= 11 is 0. The molecule has 54 valence electrons. The topological polar surface area (TPSA) is 57.8 Å². The third kappa shape index (κ3) is 1.34. The minimum Gasteiger partial charge on any atom is -0.373 e. The van der Waals surface area contributed by atoms with Gasteiger partial charge in [-0.05, 0) is 6.92 Å². The summed E-state index contributed by atoms with van der Waals surface area (Å²) in [5.74, 6) is 1.22. The van der Waals surface area contributed by atoms with E-state index in [9.17, 15) is 4.79 Å². The zero-order chi connectivity index (χ0) is 7.56. The SMILES string of the molecule is CNc1cc(=O)[nH]c(C)n1. The van der Waals surface area contributed by atoms with Gasteiger partial charge < -0.3 is 10.3 Å². The highest BCUT2D eigenvalue weighted by Gasteiger charge is 1.92. The average molecular weight is 139 g/mol. The van der Waals surface area contributed by atoms with E-state index in [0.717, 1.165) is 0 Å². The normalized spacial score (nSPS) is 9.40. The van der Waals surface area contributed by atoms with E-state index in [1.165, 1.54) is 6.07 Å². The lowest BCUT2D eigenvalue weighted by Crippen LogP contribution is -2.09. The first kappa shape index (κ1) is 6.80. The first-order valence-electron chi connectivity index (χ1n) is 2.98. The Kier molecular flexibility index (Phi) is 1.71. The molecule has 1 heterocycles. The Morgan fingerprint density at radius 1 is 1.70 bits per heavy atom. The Balaban J connectivity index is 3.19. The Morgan fingerprint density at radius 2 is 2.40 bits per heavy atom. The van der Waals surface area contributed by atoms with Crippen LogP contribution in [-0.2, 0) is 0 Å². The molecule has 4 nitrogen and oxygen atoms in total. The number of anilines is 1. The van der Waals surface area contributed by atoms with Gasteiger partial charge in [0.1, 0.15) is 11.6 Å². The molecule has 0 aliphatic carbocycles. The van der Waals surface area contributed by atoms with Crippen LogP contribution < -0.4 is 10.9 Å². The Morgan fingerprint density at radius 3 is 2.90 bits per heavy atom. The van der Waals surface area contributed by atoms with Crippen molar-refractivity contribution in [2.75, 3.05) is 12.4 Å². The van der Waals surface area contributed by atoms with E-state index in [0.29, 0.717) is 11.6 Å². The lowest BCUT2D eigenvalue weighted by atomic mass is 10.5. The summed E-state index contributed by atoms with van der Waals surface area (Å²) in [6.45, 7) is 1.74. The fourth-order valence-corrected chi connectivity index (χ4v) is 0.708. The number of hydrogen-bond acceptors (Lipinski definition) is 3. The highest BCUT2D eigenvalue weighted by molar-refractivity contribution is 5.31. The molecule has 0 fully saturated rings. The Hall–Kier alpha value is -1.32. The van der Waals surface area contributed by atoms with Gasteiger partial charge in [-0.1, -0.05) is 0 Å². The second kappa shape index (κ2) is 2.51. The molecule has 0 unspecified atom stereocenters. The predicted octanol–water partition coefficient (Wildman–Crippen LogP) is 0.120. The van der Waals surface area contributed by atoms with Crippen LogP contribution in [0.1, 0.15) is 5.82 Å². The van der Waals surface area contributed by atoms with Gasteiger partial charge in [0.2, 0.25) is 0 Å². The molecule has 10 heavy (non-hydrogen) atoms. The lowest BCUT2D eigenvalue weighted by Gasteiger charge is -1.97. The summed E-state index contributed by atoms with van der Waals surface area (Å²) in [6, 6.07) is 1.41. The summed E-state index contributed by atoms with van der Waals surface area (Å²) in [4.78, 5) is 17.3. The molecule has 1 aromatic heterocycles. The Bertz CT molecular complexity index is 279. The van der Waals surface area contributed by atoms with Crippen LogP contribution in [0.15, 0.2) is 10.9 Å². The molecule has 1 rings (SSSR count). The number of aromatic nitrogens is 2. The highest BCUT2D eigenvalue weighted by Crippen LogP contribution is 1.93. The van der Waals surface area contributed by atoms with Crippen molar-refractivity contribution in [1.29, 1.82) is 0 Å². The second-order valence-corrected chi connectivity index (χ2v) is 1.97. The van der Waals surface area contributed by atoms with Crippen molar-refractivity contribution in [3.63, 3.8) is 0 Å². The summed E-state index contributed by atoms with van der Waals surface area (Å²) < 4.78 is 0. The number of nitrogens with one attached hydrogen (secondary N) is 2. The van der Waals surface area contributed by atoms with Crippen molar-refractivity contribution in [2.24, 2.45) is 0 Å². The number of aryl methyl sites for hydroxylation is 1. The maximum Gasteiger partial charge on any atom is 0.252 e. The summed E-state index contributed by atoms with van der Waals surface area (Å²) in [5.41, 5.74) is -0.128. The quantitative estimate of drug-likeness (QED) is 0.581. The van der Waals surface area contributed by atoms with Gasteiger partial charge >= 0.3 is 0 Å². The van der Waals surface area contributed by atoms with Crippen molar-refractivity contribution in [2.45, 2.75) is 6.92 Å². The summed E-state index contributed by atoms with van der Waals surface area (Å²) in [5, 5.41) is 2.78. The number of rotatable bonds is 1. The summed E-state index contributed by atoms with van der Waals surface area (Å²) in [7, 11) is 1.72. The van der Waals surface area contributed by atoms with E-state index < -0.39 is 0 Å². The lowest BCUT2D eigenvalue weighted by molar-refractivity contribution is 1.02. The first-order chi connectivity index (χ1) is 4.72. The highest BCUT2D eigenvalue weighted by atomic mass is 16.1. The zero-order valence-electron chi connectivity index (χ0n) is 5.93. The van der Waals surface area contributed by atoms with Crippen molar-refractivity contribution < 1.29 is 0 Å². The van der Waals surface area contributed by atoms with Gasteiger partial charge in [-0.15, -0.1) is 0 Å². The van der Waals surface area contributed by atoms with E-state index >= 15 is 0 Å². The molecule has 0 atom stereocenters. The van der Waals surface area contributed by atoms with Crippen LogP contribution in [0, 0.1) is 6.92 Å². The van der Waals surface area contributed by atoms with Gasteiger partial charge in [-0.25, -0.2) is 4.98 Å². The van der Waals surface area contributed by atoms with E-state index in [-0.39, 0.29) is 5.56 Å². The molecule has 0 spiro atoms. The summed E-state index contributed by atoms with van der Waals surface area (Å²) in [6.07, 6.45) is 0. The predicted molar refractivity (Wildman–Crippen MR) is 39.1 cm³/mol. The fraction of sp³-hybridized carbons (Fsp3) is 0.333. The molecule has 2 N–H and O–H groups in total. The van der Waals surface area contributed by atoms with Gasteiger partial charge in [0.25, 0.3) is 5.56 Å². The molecular weight excluding hydrogens is 130 g/mol. The second-order valence-electron chi connectivity index (χ2n) is 1.97. The molecule has 0 bridgehead atoms.